The van der Waals surface area contributed by atoms with Gasteiger partial charge >= 0.3 is 0 Å². The van der Waals surface area contributed by atoms with E-state index in [1.165, 1.54) is 0 Å². The summed E-state index contributed by atoms with van der Waals surface area (Å²) in [5.41, 5.74) is 3.02. The second-order valence-corrected chi connectivity index (χ2v) is 4.53. The minimum absolute atomic E-state index is 0.0700. The van der Waals surface area contributed by atoms with E-state index in [1.54, 1.807) is 20.8 Å². The monoisotopic (exact) mass is 241 g/mol. The average molecular weight is 241 g/mol. The molecular weight excluding hydrogens is 218 g/mol. The first kappa shape index (κ1) is 15.6. The van der Waals surface area contributed by atoms with Crippen LogP contribution in [-0.4, -0.2) is 23.6 Å². The first-order valence-corrected chi connectivity index (χ1v) is 5.99. The Morgan fingerprint density at radius 3 is 2.29 bits per heavy atom. The molecule has 0 saturated carbocycles. The molecule has 0 aromatic heterocycles. The van der Waals surface area contributed by atoms with Gasteiger partial charge < -0.3 is 5.32 Å². The van der Waals surface area contributed by atoms with E-state index >= 15 is 0 Å². The van der Waals surface area contributed by atoms with Crippen LogP contribution in [0, 0.1) is 5.92 Å². The van der Waals surface area contributed by atoms with Crippen LogP contribution < -0.4 is 10.7 Å². The summed E-state index contributed by atoms with van der Waals surface area (Å²) in [6.45, 7) is 9.25. The van der Waals surface area contributed by atoms with Gasteiger partial charge in [0.1, 0.15) is 0 Å². The highest BCUT2D eigenvalue weighted by Gasteiger charge is 2.08. The van der Waals surface area contributed by atoms with Crippen LogP contribution in [0.25, 0.3) is 0 Å². The Bertz CT molecular complexity index is 298. The van der Waals surface area contributed by atoms with E-state index in [4.69, 9.17) is 0 Å². The summed E-state index contributed by atoms with van der Waals surface area (Å²) in [4.78, 5) is 22.7. The van der Waals surface area contributed by atoms with E-state index in [2.05, 4.69) is 15.8 Å². The Kier molecular flexibility index (Phi) is 7.18. The van der Waals surface area contributed by atoms with Gasteiger partial charge in [-0.15, -0.1) is 0 Å². The molecule has 2 amide bonds. The zero-order chi connectivity index (χ0) is 13.4. The van der Waals surface area contributed by atoms with Gasteiger partial charge in [0.05, 0.1) is 6.42 Å². The van der Waals surface area contributed by atoms with Crippen molar-refractivity contribution in [3.05, 3.63) is 0 Å². The zero-order valence-electron chi connectivity index (χ0n) is 11.3. The summed E-state index contributed by atoms with van der Waals surface area (Å²) in [5, 5.41) is 6.71. The molecule has 2 N–H and O–H groups in total. The van der Waals surface area contributed by atoms with E-state index in [-0.39, 0.29) is 30.2 Å². The molecule has 0 spiro atoms. The molecule has 0 saturated heterocycles. The number of carbonyl (C=O) groups excluding carboxylic acids is 2. The van der Waals surface area contributed by atoms with E-state index in [9.17, 15) is 9.59 Å². The van der Waals surface area contributed by atoms with Gasteiger partial charge in [-0.2, -0.15) is 5.10 Å². The maximum Gasteiger partial charge on any atom is 0.242 e. The van der Waals surface area contributed by atoms with E-state index in [0.29, 0.717) is 5.71 Å². The smallest absolute Gasteiger partial charge is 0.242 e. The third-order valence-corrected chi connectivity index (χ3v) is 2.32. The minimum Gasteiger partial charge on any atom is -0.353 e. The number of hydrazone groups is 1. The summed E-state index contributed by atoms with van der Waals surface area (Å²) < 4.78 is 0. The number of rotatable bonds is 6. The molecule has 0 fully saturated rings. The van der Waals surface area contributed by atoms with E-state index in [1.807, 2.05) is 13.8 Å². The highest BCUT2D eigenvalue weighted by molar-refractivity contribution is 6.00. The lowest BCUT2D eigenvalue weighted by atomic mass is 10.2. The van der Waals surface area contributed by atoms with Gasteiger partial charge in [-0.25, -0.2) is 5.43 Å². The van der Waals surface area contributed by atoms with Gasteiger partial charge in [-0.05, 0) is 20.3 Å². The van der Waals surface area contributed by atoms with Crippen molar-refractivity contribution >= 4 is 17.5 Å². The lowest BCUT2D eigenvalue weighted by molar-refractivity contribution is -0.124. The predicted octanol–water partition coefficient (Wildman–Crippen LogP) is 1.44. The van der Waals surface area contributed by atoms with E-state index in [0.717, 1.165) is 6.42 Å². The first-order chi connectivity index (χ1) is 7.86. The van der Waals surface area contributed by atoms with Crippen LogP contribution in [0.2, 0.25) is 0 Å². The van der Waals surface area contributed by atoms with Crippen LogP contribution in [0.1, 0.15) is 47.5 Å². The Balaban J connectivity index is 4.07. The molecule has 0 aromatic rings. The van der Waals surface area contributed by atoms with Crippen molar-refractivity contribution in [2.45, 2.75) is 53.5 Å². The molecule has 0 radical (unpaired) electrons. The quantitative estimate of drug-likeness (QED) is 0.545. The fraction of sp³-hybridized carbons (Fsp3) is 0.750. The molecule has 98 valence electrons. The summed E-state index contributed by atoms with van der Waals surface area (Å²) in [5.74, 6) is -0.327. The second kappa shape index (κ2) is 7.81. The zero-order valence-corrected chi connectivity index (χ0v) is 11.3. The van der Waals surface area contributed by atoms with Gasteiger partial charge in [-0.3, -0.25) is 9.59 Å². The van der Waals surface area contributed by atoms with Crippen molar-refractivity contribution in [3.8, 4) is 0 Å². The molecular formula is C12H23N3O2. The van der Waals surface area contributed by atoms with Crippen molar-refractivity contribution in [1.29, 1.82) is 0 Å². The molecule has 17 heavy (non-hydrogen) atoms. The van der Waals surface area contributed by atoms with Crippen molar-refractivity contribution in [3.63, 3.8) is 0 Å². The summed E-state index contributed by atoms with van der Waals surface area (Å²) in [7, 11) is 0. The lowest BCUT2D eigenvalue weighted by Gasteiger charge is -2.11. The normalized spacial score (nSPS) is 13.4. The van der Waals surface area contributed by atoms with Gasteiger partial charge in [0, 0.05) is 17.7 Å². The molecule has 0 aliphatic rings. The molecule has 0 rings (SSSR count). The third-order valence-electron chi connectivity index (χ3n) is 2.32. The molecule has 5 heteroatoms. The average Bonchev–Trinajstić information content (AvgIpc) is 2.25. The van der Waals surface area contributed by atoms with Crippen LogP contribution in [0.15, 0.2) is 5.10 Å². The summed E-state index contributed by atoms with van der Waals surface area (Å²) in [6.07, 6.45) is 1.11. The molecule has 0 aliphatic heterocycles. The first-order valence-electron chi connectivity index (χ1n) is 5.99. The predicted molar refractivity (Wildman–Crippen MR) is 68.6 cm³/mol. The molecule has 1 atom stereocenters. The van der Waals surface area contributed by atoms with Crippen LogP contribution in [0.4, 0.5) is 0 Å². The largest absolute Gasteiger partial charge is 0.353 e. The fourth-order valence-corrected chi connectivity index (χ4v) is 0.979. The molecule has 0 bridgehead atoms. The van der Waals surface area contributed by atoms with Crippen molar-refractivity contribution in [2.75, 3.05) is 0 Å². The molecule has 0 heterocycles. The maximum atomic E-state index is 11.5. The number of nitrogens with zero attached hydrogens (tertiary/aromatic N) is 1. The fourth-order valence-electron chi connectivity index (χ4n) is 0.979. The van der Waals surface area contributed by atoms with Crippen LogP contribution in [-0.2, 0) is 9.59 Å². The lowest BCUT2D eigenvalue weighted by Crippen LogP contribution is -2.33. The number of amides is 2. The maximum absolute atomic E-state index is 11.5. The summed E-state index contributed by atoms with van der Waals surface area (Å²) in [6, 6.07) is 0.167. The van der Waals surface area contributed by atoms with Gasteiger partial charge in [0.15, 0.2) is 0 Å². The Morgan fingerprint density at radius 1 is 1.24 bits per heavy atom. The number of carbonyl (C=O) groups is 2. The van der Waals surface area contributed by atoms with E-state index < -0.39 is 0 Å². The van der Waals surface area contributed by atoms with Crippen molar-refractivity contribution < 1.29 is 9.59 Å². The Morgan fingerprint density at radius 2 is 1.82 bits per heavy atom. The molecule has 0 unspecified atom stereocenters. The number of hydrogen-bond donors (Lipinski definition) is 2. The van der Waals surface area contributed by atoms with Gasteiger partial charge in [0.2, 0.25) is 11.8 Å². The Labute approximate surface area is 103 Å². The molecule has 5 nitrogen and oxygen atoms in total. The SMILES string of the molecule is CC[C@H](C)NC(=O)CC(C)=NNC(=O)C(C)C. The standard InChI is InChI=1S/C12H23N3O2/c1-6-9(4)13-11(16)7-10(5)14-15-12(17)8(2)3/h8-9H,6-7H2,1-5H3,(H,13,16)(H,15,17)/t9-/m0/s1. The van der Waals surface area contributed by atoms with Crippen LogP contribution >= 0.6 is 0 Å². The van der Waals surface area contributed by atoms with Gasteiger partial charge in [-0.1, -0.05) is 20.8 Å². The molecule has 0 aliphatic carbocycles. The Hall–Kier alpha value is -1.39. The summed E-state index contributed by atoms with van der Waals surface area (Å²) >= 11 is 0. The third kappa shape index (κ3) is 7.49. The topological polar surface area (TPSA) is 70.6 Å². The van der Waals surface area contributed by atoms with Crippen LogP contribution in [0.3, 0.4) is 0 Å². The van der Waals surface area contributed by atoms with Crippen molar-refractivity contribution in [1.82, 2.24) is 10.7 Å². The number of nitrogens with one attached hydrogen (secondary N) is 2. The van der Waals surface area contributed by atoms with Crippen LogP contribution in [0.5, 0.6) is 0 Å². The minimum atomic E-state index is -0.147. The van der Waals surface area contributed by atoms with Gasteiger partial charge in [0.25, 0.3) is 0 Å². The highest BCUT2D eigenvalue weighted by atomic mass is 16.2. The number of hydrogen-bond acceptors (Lipinski definition) is 3. The highest BCUT2D eigenvalue weighted by Crippen LogP contribution is 1.93. The molecule has 0 aromatic carbocycles. The second-order valence-electron chi connectivity index (χ2n) is 4.53. The van der Waals surface area contributed by atoms with Crippen molar-refractivity contribution in [2.24, 2.45) is 11.0 Å².